The number of benzene rings is 2. The molecule has 0 bridgehead atoms. The molecule has 0 saturated carbocycles. The van der Waals surface area contributed by atoms with Gasteiger partial charge in [0.2, 0.25) is 0 Å². The molecule has 4 aromatic rings. The fourth-order valence-electron chi connectivity index (χ4n) is 4.08. The molecule has 1 aliphatic rings. The Morgan fingerprint density at radius 3 is 2.58 bits per heavy atom. The molecule has 1 saturated heterocycles. The van der Waals surface area contributed by atoms with Crippen LogP contribution in [0.25, 0.3) is 11.3 Å². The summed E-state index contributed by atoms with van der Waals surface area (Å²) in [5.41, 5.74) is 3.78. The first-order chi connectivity index (χ1) is 16.0. The Labute approximate surface area is 203 Å². The number of furan rings is 1. The number of thiocarbonyl (C=S) groups is 1. The van der Waals surface area contributed by atoms with Gasteiger partial charge in [0.1, 0.15) is 23.3 Å². The highest BCUT2D eigenvalue weighted by molar-refractivity contribution is 7.80. The number of aromatic nitrogens is 1. The molecule has 1 N–H and O–H groups in total. The highest BCUT2D eigenvalue weighted by atomic mass is 35.5. The lowest BCUT2D eigenvalue weighted by Gasteiger charge is -2.26. The first kappa shape index (κ1) is 21.5. The maximum absolute atomic E-state index is 6.39. The van der Waals surface area contributed by atoms with Gasteiger partial charge in [-0.1, -0.05) is 29.8 Å². The molecule has 166 valence electrons. The van der Waals surface area contributed by atoms with Gasteiger partial charge in [-0.2, -0.15) is 0 Å². The van der Waals surface area contributed by atoms with Gasteiger partial charge < -0.3 is 19.4 Å². The number of ether oxygens (including phenoxy) is 1. The second kappa shape index (κ2) is 8.89. The Bertz CT molecular complexity index is 1290. The number of hydrogen-bond acceptors (Lipinski definition) is 4. The molecule has 2 aromatic carbocycles. The average Bonchev–Trinajstić information content (AvgIpc) is 3.46. The lowest BCUT2D eigenvalue weighted by Crippen LogP contribution is -2.29. The van der Waals surface area contributed by atoms with Crippen LogP contribution in [0.5, 0.6) is 5.75 Å². The number of pyridine rings is 1. The highest BCUT2D eigenvalue weighted by Gasteiger charge is 2.42. The van der Waals surface area contributed by atoms with Crippen LogP contribution in [0.3, 0.4) is 0 Å². The van der Waals surface area contributed by atoms with Crippen molar-refractivity contribution in [3.8, 4) is 17.1 Å². The Morgan fingerprint density at radius 2 is 1.88 bits per heavy atom. The number of hydrogen-bond donors (Lipinski definition) is 1. The van der Waals surface area contributed by atoms with E-state index < -0.39 is 0 Å². The summed E-state index contributed by atoms with van der Waals surface area (Å²) >= 11 is 12.1. The second-order valence-electron chi connectivity index (χ2n) is 7.86. The molecule has 0 amide bonds. The van der Waals surface area contributed by atoms with Crippen LogP contribution in [0.1, 0.15) is 29.1 Å². The van der Waals surface area contributed by atoms with Gasteiger partial charge in [0.15, 0.2) is 5.11 Å². The molecule has 5 nitrogen and oxygen atoms in total. The smallest absolute Gasteiger partial charge is 0.174 e. The van der Waals surface area contributed by atoms with E-state index in [1.165, 1.54) is 0 Å². The Balaban J connectivity index is 1.58. The molecule has 2 atom stereocenters. The topological polar surface area (TPSA) is 50.5 Å². The number of aryl methyl sites for hydroxylation is 1. The number of nitrogens with zero attached hydrogens (tertiary/aromatic N) is 2. The van der Waals surface area contributed by atoms with E-state index in [4.69, 9.17) is 33.0 Å². The van der Waals surface area contributed by atoms with Crippen LogP contribution >= 0.6 is 23.8 Å². The molecule has 5 rings (SSSR count). The van der Waals surface area contributed by atoms with E-state index in [0.29, 0.717) is 10.1 Å². The highest BCUT2D eigenvalue weighted by Crippen LogP contribution is 2.43. The van der Waals surface area contributed by atoms with Gasteiger partial charge in [0.25, 0.3) is 0 Å². The molecule has 2 aromatic heterocycles. The first-order valence-electron chi connectivity index (χ1n) is 10.6. The summed E-state index contributed by atoms with van der Waals surface area (Å²) in [6.07, 6.45) is 1.79. The van der Waals surface area contributed by atoms with Crippen LogP contribution in [-0.4, -0.2) is 17.2 Å². The minimum Gasteiger partial charge on any atom is -0.497 e. The minimum absolute atomic E-state index is 0.179. The summed E-state index contributed by atoms with van der Waals surface area (Å²) < 4.78 is 11.7. The lowest BCUT2D eigenvalue weighted by atomic mass is 10.0. The molecule has 33 heavy (non-hydrogen) atoms. The monoisotopic (exact) mass is 475 g/mol. The zero-order chi connectivity index (χ0) is 22.9. The molecule has 0 aliphatic carbocycles. The van der Waals surface area contributed by atoms with Gasteiger partial charge in [-0.05, 0) is 79.3 Å². The molecule has 0 unspecified atom stereocenters. The van der Waals surface area contributed by atoms with E-state index in [-0.39, 0.29) is 12.1 Å². The average molecular weight is 476 g/mol. The predicted molar refractivity (Wildman–Crippen MR) is 135 cm³/mol. The third kappa shape index (κ3) is 4.08. The van der Waals surface area contributed by atoms with E-state index in [0.717, 1.165) is 39.8 Å². The van der Waals surface area contributed by atoms with E-state index in [2.05, 4.69) is 15.2 Å². The zero-order valence-corrected chi connectivity index (χ0v) is 19.7. The summed E-state index contributed by atoms with van der Waals surface area (Å²) in [5.74, 6) is 2.31. The maximum atomic E-state index is 6.39. The minimum atomic E-state index is -0.226. The third-order valence-corrected chi connectivity index (χ3v) is 6.55. The third-order valence-electron chi connectivity index (χ3n) is 5.82. The fourth-order valence-corrected chi connectivity index (χ4v) is 4.60. The Morgan fingerprint density at radius 1 is 1.06 bits per heavy atom. The van der Waals surface area contributed by atoms with Gasteiger partial charge in [0.05, 0.1) is 18.8 Å². The molecule has 0 spiro atoms. The van der Waals surface area contributed by atoms with Crippen molar-refractivity contribution in [2.24, 2.45) is 0 Å². The zero-order valence-electron chi connectivity index (χ0n) is 18.2. The maximum Gasteiger partial charge on any atom is 0.174 e. The van der Waals surface area contributed by atoms with Crippen molar-refractivity contribution in [3.63, 3.8) is 0 Å². The summed E-state index contributed by atoms with van der Waals surface area (Å²) in [6, 6.07) is 23.2. The summed E-state index contributed by atoms with van der Waals surface area (Å²) in [7, 11) is 1.65. The van der Waals surface area contributed by atoms with Crippen LogP contribution < -0.4 is 15.0 Å². The number of methoxy groups -OCH3 is 1. The van der Waals surface area contributed by atoms with E-state index in [1.807, 2.05) is 79.7 Å². The summed E-state index contributed by atoms with van der Waals surface area (Å²) in [4.78, 5) is 6.65. The van der Waals surface area contributed by atoms with E-state index in [1.54, 1.807) is 13.3 Å². The quantitative estimate of drug-likeness (QED) is 0.333. The molecule has 1 fully saturated rings. The van der Waals surface area contributed by atoms with Crippen molar-refractivity contribution in [1.82, 2.24) is 10.3 Å². The van der Waals surface area contributed by atoms with Gasteiger partial charge in [-0.3, -0.25) is 4.98 Å². The molecule has 0 radical (unpaired) electrons. The van der Waals surface area contributed by atoms with Crippen molar-refractivity contribution < 1.29 is 9.15 Å². The van der Waals surface area contributed by atoms with Crippen molar-refractivity contribution in [2.75, 3.05) is 12.0 Å². The molecular formula is C26H22ClN3O2S. The van der Waals surface area contributed by atoms with Gasteiger partial charge in [-0.25, -0.2) is 0 Å². The van der Waals surface area contributed by atoms with Gasteiger partial charge >= 0.3 is 0 Å². The predicted octanol–water partition coefficient (Wildman–Crippen LogP) is 6.49. The number of halogens is 1. The van der Waals surface area contributed by atoms with Crippen molar-refractivity contribution >= 4 is 34.6 Å². The largest absolute Gasteiger partial charge is 0.497 e. The molecule has 1 aliphatic heterocycles. The fraction of sp³-hybridized carbons (Fsp3) is 0.154. The SMILES string of the molecule is COc1ccc(N2C(=S)N[C@@H](c3ccccn3)[C@@H]2c2ccc(-c3ccc(C)c(Cl)c3)o2)cc1. The number of anilines is 1. The van der Waals surface area contributed by atoms with Crippen LogP contribution in [0.4, 0.5) is 5.69 Å². The van der Waals surface area contributed by atoms with Crippen molar-refractivity contribution in [1.29, 1.82) is 0 Å². The van der Waals surface area contributed by atoms with Crippen LogP contribution in [0.2, 0.25) is 5.02 Å². The normalized spacial score (nSPS) is 17.8. The lowest BCUT2D eigenvalue weighted by molar-refractivity contribution is 0.414. The van der Waals surface area contributed by atoms with Gasteiger partial charge in [0, 0.05) is 22.5 Å². The van der Waals surface area contributed by atoms with E-state index in [9.17, 15) is 0 Å². The molecule has 3 heterocycles. The van der Waals surface area contributed by atoms with Gasteiger partial charge in [-0.15, -0.1) is 0 Å². The Kier molecular flexibility index (Phi) is 5.79. The summed E-state index contributed by atoms with van der Waals surface area (Å²) in [6.45, 7) is 1.98. The Hall–Kier alpha value is -3.35. The van der Waals surface area contributed by atoms with Crippen LogP contribution in [0.15, 0.2) is 83.4 Å². The van der Waals surface area contributed by atoms with E-state index >= 15 is 0 Å². The van der Waals surface area contributed by atoms with Crippen LogP contribution in [-0.2, 0) is 0 Å². The number of nitrogens with one attached hydrogen (secondary N) is 1. The van der Waals surface area contributed by atoms with Crippen molar-refractivity contribution in [2.45, 2.75) is 19.0 Å². The molecular weight excluding hydrogens is 454 g/mol. The van der Waals surface area contributed by atoms with Crippen LogP contribution in [0, 0.1) is 6.92 Å². The number of rotatable bonds is 5. The second-order valence-corrected chi connectivity index (χ2v) is 8.65. The first-order valence-corrected chi connectivity index (χ1v) is 11.3. The standard InChI is InChI=1S/C26H22ClN3O2S/c1-16-6-7-17(15-20(16)27)22-12-13-23(32-22)25-24(21-5-3-4-14-28-21)29-26(33)30(25)18-8-10-19(31-2)11-9-18/h3-15,24-25H,1-2H3,(H,29,33)/t24-,25-/m0/s1. The summed E-state index contributed by atoms with van der Waals surface area (Å²) in [5, 5.41) is 4.76. The van der Waals surface area contributed by atoms with Crippen molar-refractivity contribution in [3.05, 3.63) is 101 Å². The molecule has 7 heteroatoms.